The molecule has 0 saturated carbocycles. The second kappa shape index (κ2) is 8.97. The third kappa shape index (κ3) is 5.49. The zero-order valence-electron chi connectivity index (χ0n) is 15.3. The fourth-order valence-corrected chi connectivity index (χ4v) is 3.58. The van der Waals surface area contributed by atoms with Gasteiger partial charge in [-0.05, 0) is 54.8 Å². The summed E-state index contributed by atoms with van der Waals surface area (Å²) in [5.74, 6) is 0.000105. The maximum absolute atomic E-state index is 12.9. The van der Waals surface area contributed by atoms with E-state index in [4.69, 9.17) is 11.6 Å². The van der Waals surface area contributed by atoms with Crippen LogP contribution in [-0.2, 0) is 24.1 Å². The van der Waals surface area contributed by atoms with Crippen LogP contribution in [0, 0.1) is 0 Å². The molecule has 1 N–H and O–H groups in total. The molecule has 150 valence electrons. The summed E-state index contributed by atoms with van der Waals surface area (Å²) in [7, 11) is 0. The van der Waals surface area contributed by atoms with Crippen molar-refractivity contribution in [3.05, 3.63) is 70.2 Å². The van der Waals surface area contributed by atoms with Gasteiger partial charge in [0.25, 0.3) is 0 Å². The third-order valence-corrected chi connectivity index (χ3v) is 5.21. The average Bonchev–Trinajstić information content (AvgIpc) is 3.00. The van der Waals surface area contributed by atoms with E-state index in [1.807, 2.05) is 24.3 Å². The van der Waals surface area contributed by atoms with E-state index in [0.29, 0.717) is 23.6 Å². The lowest BCUT2D eigenvalue weighted by atomic mass is 10.1. The Labute approximate surface area is 167 Å². The first kappa shape index (κ1) is 20.7. The Bertz CT molecular complexity index is 808. The summed E-state index contributed by atoms with van der Waals surface area (Å²) in [6, 6.07) is 12.8. The summed E-state index contributed by atoms with van der Waals surface area (Å²) < 4.78 is 38.7. The molecule has 2 aromatic rings. The maximum atomic E-state index is 12.9. The first-order valence-electron chi connectivity index (χ1n) is 9.24. The Hall–Kier alpha value is -2.05. The summed E-state index contributed by atoms with van der Waals surface area (Å²) in [5, 5.41) is 4.04. The van der Waals surface area contributed by atoms with E-state index >= 15 is 0 Å². The van der Waals surface area contributed by atoms with Gasteiger partial charge in [-0.3, -0.25) is 4.79 Å². The largest absolute Gasteiger partial charge is 0.416 e. The van der Waals surface area contributed by atoms with Crippen molar-refractivity contribution in [1.29, 1.82) is 0 Å². The summed E-state index contributed by atoms with van der Waals surface area (Å²) >= 11 is 5.87. The lowest BCUT2D eigenvalue weighted by Gasteiger charge is -2.25. The highest BCUT2D eigenvalue weighted by atomic mass is 35.5. The molecular formula is C21H22ClF3N2O. The molecule has 28 heavy (non-hydrogen) atoms. The molecule has 1 amide bonds. The molecule has 3 nitrogen and oxygen atoms in total. The molecule has 2 aromatic carbocycles. The molecule has 0 spiro atoms. The van der Waals surface area contributed by atoms with E-state index in [1.54, 1.807) is 11.0 Å². The number of alkyl halides is 3. The third-order valence-electron chi connectivity index (χ3n) is 4.96. The van der Waals surface area contributed by atoms with Crippen LogP contribution in [0.2, 0.25) is 5.02 Å². The summed E-state index contributed by atoms with van der Waals surface area (Å²) in [6.45, 7) is 1.63. The number of amides is 1. The Kier molecular flexibility index (Phi) is 6.62. The number of likely N-dealkylation sites (tertiary alicyclic amines) is 1. The van der Waals surface area contributed by atoms with Gasteiger partial charge in [0.15, 0.2) is 0 Å². The Morgan fingerprint density at radius 1 is 1.11 bits per heavy atom. The second-order valence-corrected chi connectivity index (χ2v) is 7.44. The number of hydrogen-bond acceptors (Lipinski definition) is 2. The minimum atomic E-state index is -4.38. The van der Waals surface area contributed by atoms with E-state index < -0.39 is 11.7 Å². The molecule has 1 heterocycles. The van der Waals surface area contributed by atoms with E-state index in [9.17, 15) is 18.0 Å². The van der Waals surface area contributed by atoms with Crippen LogP contribution in [-0.4, -0.2) is 23.4 Å². The fraction of sp³-hybridized carbons (Fsp3) is 0.381. The van der Waals surface area contributed by atoms with Crippen LogP contribution in [0.3, 0.4) is 0 Å². The van der Waals surface area contributed by atoms with Gasteiger partial charge in [-0.15, -0.1) is 0 Å². The van der Waals surface area contributed by atoms with Gasteiger partial charge in [-0.25, -0.2) is 0 Å². The molecule has 1 fully saturated rings. The van der Waals surface area contributed by atoms with Gasteiger partial charge < -0.3 is 10.2 Å². The Morgan fingerprint density at radius 3 is 2.57 bits per heavy atom. The number of carbonyl (C=O) groups is 1. The number of nitrogens with zero attached hydrogens (tertiary/aromatic N) is 1. The van der Waals surface area contributed by atoms with Gasteiger partial charge in [0.2, 0.25) is 5.91 Å². The monoisotopic (exact) mass is 410 g/mol. The van der Waals surface area contributed by atoms with E-state index in [0.717, 1.165) is 37.1 Å². The summed E-state index contributed by atoms with van der Waals surface area (Å²) in [6.07, 6.45) is -2.43. The number of nitrogens with one attached hydrogen (secondary N) is 1. The van der Waals surface area contributed by atoms with Gasteiger partial charge in [-0.1, -0.05) is 35.9 Å². The molecule has 0 radical (unpaired) electrons. The van der Waals surface area contributed by atoms with E-state index in [-0.39, 0.29) is 18.5 Å². The molecule has 0 bridgehead atoms. The minimum absolute atomic E-state index is 0.000105. The van der Waals surface area contributed by atoms with Crippen molar-refractivity contribution < 1.29 is 18.0 Å². The van der Waals surface area contributed by atoms with Gasteiger partial charge in [0.1, 0.15) is 0 Å². The van der Waals surface area contributed by atoms with Crippen LogP contribution in [0.15, 0.2) is 48.5 Å². The molecule has 1 aliphatic rings. The number of carbonyl (C=O) groups excluding carboxylic acids is 1. The van der Waals surface area contributed by atoms with Gasteiger partial charge in [0.05, 0.1) is 5.56 Å². The lowest BCUT2D eigenvalue weighted by Crippen LogP contribution is -2.34. The highest BCUT2D eigenvalue weighted by molar-refractivity contribution is 6.30. The Balaban J connectivity index is 1.54. The molecule has 1 unspecified atom stereocenters. The average molecular weight is 411 g/mol. The van der Waals surface area contributed by atoms with Crippen LogP contribution < -0.4 is 5.32 Å². The van der Waals surface area contributed by atoms with Crippen molar-refractivity contribution in [2.45, 2.75) is 44.6 Å². The van der Waals surface area contributed by atoms with Crippen LogP contribution in [0.1, 0.15) is 36.0 Å². The lowest BCUT2D eigenvalue weighted by molar-refractivity contribution is -0.137. The van der Waals surface area contributed by atoms with Crippen LogP contribution >= 0.6 is 11.6 Å². The minimum Gasteiger partial charge on any atom is -0.335 e. The van der Waals surface area contributed by atoms with E-state index in [2.05, 4.69) is 5.32 Å². The van der Waals surface area contributed by atoms with E-state index in [1.165, 1.54) is 6.07 Å². The molecule has 3 rings (SSSR count). The predicted molar refractivity (Wildman–Crippen MR) is 103 cm³/mol. The van der Waals surface area contributed by atoms with Crippen molar-refractivity contribution in [3.63, 3.8) is 0 Å². The maximum Gasteiger partial charge on any atom is 0.416 e. The highest BCUT2D eigenvalue weighted by Gasteiger charge is 2.32. The SMILES string of the molecule is O=C1CCC(CCNCc2ccc(Cl)cc2)N1Cc1cccc(C(F)(F)F)c1. The zero-order valence-corrected chi connectivity index (χ0v) is 16.1. The van der Waals surface area contributed by atoms with Gasteiger partial charge in [0, 0.05) is 30.6 Å². The first-order valence-corrected chi connectivity index (χ1v) is 9.61. The summed E-state index contributed by atoms with van der Waals surface area (Å²) in [4.78, 5) is 13.9. The molecular weight excluding hydrogens is 389 g/mol. The second-order valence-electron chi connectivity index (χ2n) is 7.00. The van der Waals surface area contributed by atoms with Crippen molar-refractivity contribution in [1.82, 2.24) is 10.2 Å². The smallest absolute Gasteiger partial charge is 0.335 e. The molecule has 0 aromatic heterocycles. The van der Waals surface area contributed by atoms with Crippen molar-refractivity contribution >= 4 is 17.5 Å². The Morgan fingerprint density at radius 2 is 1.86 bits per heavy atom. The molecule has 1 saturated heterocycles. The topological polar surface area (TPSA) is 32.3 Å². The van der Waals surface area contributed by atoms with Crippen molar-refractivity contribution in [2.24, 2.45) is 0 Å². The highest BCUT2D eigenvalue weighted by Crippen LogP contribution is 2.30. The van der Waals surface area contributed by atoms with Crippen molar-refractivity contribution in [3.8, 4) is 0 Å². The van der Waals surface area contributed by atoms with Crippen molar-refractivity contribution in [2.75, 3.05) is 6.54 Å². The van der Waals surface area contributed by atoms with Crippen LogP contribution in [0.4, 0.5) is 13.2 Å². The first-order chi connectivity index (χ1) is 13.3. The number of halogens is 4. The fourth-order valence-electron chi connectivity index (χ4n) is 3.46. The molecule has 1 aliphatic heterocycles. The van der Waals surface area contributed by atoms with Crippen LogP contribution in [0.25, 0.3) is 0 Å². The summed E-state index contributed by atoms with van der Waals surface area (Å²) in [5.41, 5.74) is 0.940. The van der Waals surface area contributed by atoms with Gasteiger partial charge in [-0.2, -0.15) is 13.2 Å². The predicted octanol–water partition coefficient (Wildman–Crippen LogP) is 5.03. The number of benzene rings is 2. The van der Waals surface area contributed by atoms with Gasteiger partial charge >= 0.3 is 6.18 Å². The molecule has 1 atom stereocenters. The normalized spacial score (nSPS) is 17.4. The standard InChI is InChI=1S/C21H22ClF3N2O/c22-18-6-4-15(5-7-18)13-26-11-10-19-8-9-20(28)27(19)14-16-2-1-3-17(12-16)21(23,24)25/h1-7,12,19,26H,8-11,13-14H2. The molecule has 0 aliphatic carbocycles. The molecule has 7 heteroatoms. The number of rotatable bonds is 7. The quantitative estimate of drug-likeness (QED) is 0.649. The van der Waals surface area contributed by atoms with Crippen LogP contribution in [0.5, 0.6) is 0 Å². The number of hydrogen-bond donors (Lipinski definition) is 1. The zero-order chi connectivity index (χ0) is 20.1.